The van der Waals surface area contributed by atoms with Crippen molar-refractivity contribution < 1.29 is 4.74 Å². The van der Waals surface area contributed by atoms with Crippen LogP contribution >= 0.6 is 27.3 Å². The lowest BCUT2D eigenvalue weighted by Gasteiger charge is -2.06. The van der Waals surface area contributed by atoms with E-state index in [-0.39, 0.29) is 0 Å². The number of aryl methyl sites for hydroxylation is 1. The second-order valence-corrected chi connectivity index (χ2v) is 6.63. The summed E-state index contributed by atoms with van der Waals surface area (Å²) in [4.78, 5) is 4.50. The van der Waals surface area contributed by atoms with E-state index in [2.05, 4.69) is 52.1 Å². The first-order valence-corrected chi connectivity index (χ1v) is 7.49. The van der Waals surface area contributed by atoms with Crippen molar-refractivity contribution >= 4 is 37.5 Å². The molecule has 3 aromatic rings. The van der Waals surface area contributed by atoms with Gasteiger partial charge in [-0.15, -0.1) is 11.3 Å². The van der Waals surface area contributed by atoms with Crippen LogP contribution in [0, 0.1) is 6.92 Å². The van der Waals surface area contributed by atoms with Gasteiger partial charge in [0, 0.05) is 5.56 Å². The Morgan fingerprint density at radius 1 is 1.16 bits per heavy atom. The Morgan fingerprint density at radius 3 is 2.58 bits per heavy atom. The molecule has 1 heterocycles. The van der Waals surface area contributed by atoms with Gasteiger partial charge >= 0.3 is 0 Å². The van der Waals surface area contributed by atoms with Crippen molar-refractivity contribution in [1.29, 1.82) is 0 Å². The fraction of sp³-hybridized carbons (Fsp3) is 0.133. The molecule has 0 fully saturated rings. The number of nitrogens with zero attached hydrogens (tertiary/aromatic N) is 1. The van der Waals surface area contributed by atoms with E-state index in [1.54, 1.807) is 18.4 Å². The smallest absolute Gasteiger partial charge is 0.160 e. The van der Waals surface area contributed by atoms with Crippen LogP contribution in [-0.2, 0) is 0 Å². The molecule has 0 bridgehead atoms. The monoisotopic (exact) mass is 333 g/mol. The zero-order chi connectivity index (χ0) is 13.4. The number of methoxy groups -OCH3 is 1. The first-order valence-electron chi connectivity index (χ1n) is 5.88. The summed E-state index contributed by atoms with van der Waals surface area (Å²) in [7, 11) is 1.68. The summed E-state index contributed by atoms with van der Waals surface area (Å²) in [5.74, 6) is 0.873. The molecule has 0 aliphatic rings. The van der Waals surface area contributed by atoms with E-state index in [1.165, 1.54) is 21.4 Å². The first-order chi connectivity index (χ1) is 9.17. The molecule has 0 aliphatic heterocycles. The quantitative estimate of drug-likeness (QED) is 0.655. The van der Waals surface area contributed by atoms with Gasteiger partial charge in [0.2, 0.25) is 0 Å². The fourth-order valence-electron chi connectivity index (χ4n) is 2.13. The van der Waals surface area contributed by atoms with Gasteiger partial charge in [0.1, 0.15) is 5.75 Å². The molecule has 2 aromatic carbocycles. The summed E-state index contributed by atoms with van der Waals surface area (Å²) >= 11 is 5.13. The van der Waals surface area contributed by atoms with E-state index in [0.29, 0.717) is 0 Å². The second kappa shape index (κ2) is 4.94. The van der Waals surface area contributed by atoms with Gasteiger partial charge in [-0.05, 0) is 58.2 Å². The van der Waals surface area contributed by atoms with Crippen LogP contribution in [0.25, 0.3) is 21.3 Å². The number of aromatic nitrogens is 1. The van der Waals surface area contributed by atoms with Gasteiger partial charge in [-0.2, -0.15) is 0 Å². The lowest BCUT2D eigenvalue weighted by Crippen LogP contribution is -1.84. The maximum atomic E-state index is 5.20. The Balaban J connectivity index is 2.22. The predicted octanol–water partition coefficient (Wildman–Crippen LogP) is 5.04. The maximum absolute atomic E-state index is 5.20. The molecule has 0 unspecified atom stereocenters. The number of thiazole rings is 1. The third-order valence-corrected chi connectivity index (χ3v) is 4.57. The molecule has 19 heavy (non-hydrogen) atoms. The van der Waals surface area contributed by atoms with Gasteiger partial charge in [0.25, 0.3) is 0 Å². The lowest BCUT2D eigenvalue weighted by atomic mass is 10.0. The molecule has 3 rings (SSSR count). The van der Waals surface area contributed by atoms with Gasteiger partial charge in [-0.1, -0.05) is 12.1 Å². The van der Waals surface area contributed by atoms with Crippen molar-refractivity contribution in [2.75, 3.05) is 7.11 Å². The Bertz CT molecular complexity index is 734. The van der Waals surface area contributed by atoms with Crippen LogP contribution < -0.4 is 4.74 Å². The van der Waals surface area contributed by atoms with Crippen LogP contribution in [0.2, 0.25) is 0 Å². The molecule has 2 nitrogen and oxygen atoms in total. The highest BCUT2D eigenvalue weighted by molar-refractivity contribution is 9.11. The van der Waals surface area contributed by atoms with Crippen molar-refractivity contribution in [2.24, 2.45) is 0 Å². The molecule has 96 valence electrons. The van der Waals surface area contributed by atoms with Gasteiger partial charge in [0.15, 0.2) is 3.92 Å². The minimum absolute atomic E-state index is 0.873. The number of fused-ring (bicyclic) bond motifs is 1. The first kappa shape index (κ1) is 12.6. The number of hydrogen-bond donors (Lipinski definition) is 0. The van der Waals surface area contributed by atoms with E-state index in [9.17, 15) is 0 Å². The highest BCUT2D eigenvalue weighted by atomic mass is 79.9. The Kier molecular flexibility index (Phi) is 3.29. The largest absolute Gasteiger partial charge is 0.497 e. The molecule has 0 N–H and O–H groups in total. The summed E-state index contributed by atoms with van der Waals surface area (Å²) in [5, 5.41) is 0. The summed E-state index contributed by atoms with van der Waals surface area (Å²) in [6, 6.07) is 12.5. The minimum Gasteiger partial charge on any atom is -0.497 e. The minimum atomic E-state index is 0.873. The summed E-state index contributed by atoms with van der Waals surface area (Å²) in [6.45, 7) is 2.10. The maximum Gasteiger partial charge on any atom is 0.160 e. The zero-order valence-corrected chi connectivity index (χ0v) is 13.0. The van der Waals surface area contributed by atoms with E-state index in [0.717, 1.165) is 15.2 Å². The van der Waals surface area contributed by atoms with Crippen LogP contribution in [0.4, 0.5) is 0 Å². The molecule has 4 heteroatoms. The van der Waals surface area contributed by atoms with Crippen LogP contribution in [0.5, 0.6) is 5.75 Å². The number of rotatable bonds is 2. The molecule has 0 saturated heterocycles. The van der Waals surface area contributed by atoms with Crippen LogP contribution in [0.15, 0.2) is 40.3 Å². The number of hydrogen-bond acceptors (Lipinski definition) is 3. The summed E-state index contributed by atoms with van der Waals surface area (Å²) < 4.78 is 7.33. The molecule has 0 atom stereocenters. The van der Waals surface area contributed by atoms with Crippen LogP contribution in [-0.4, -0.2) is 12.1 Å². The second-order valence-electron chi connectivity index (χ2n) is 4.36. The number of halogens is 1. The lowest BCUT2D eigenvalue weighted by molar-refractivity contribution is 0.415. The van der Waals surface area contributed by atoms with E-state index >= 15 is 0 Å². The van der Waals surface area contributed by atoms with Crippen molar-refractivity contribution in [3.63, 3.8) is 0 Å². The van der Waals surface area contributed by atoms with Gasteiger partial charge in [-0.25, -0.2) is 4.98 Å². The van der Waals surface area contributed by atoms with Gasteiger partial charge in [-0.3, -0.25) is 0 Å². The third kappa shape index (κ3) is 2.38. The fourth-order valence-corrected chi connectivity index (χ4v) is 3.62. The zero-order valence-electron chi connectivity index (χ0n) is 10.6. The number of ether oxygens (including phenoxy) is 1. The molecule has 0 saturated carbocycles. The van der Waals surface area contributed by atoms with E-state index in [4.69, 9.17) is 4.74 Å². The number of benzene rings is 2. The average Bonchev–Trinajstić information content (AvgIpc) is 2.78. The van der Waals surface area contributed by atoms with Crippen LogP contribution in [0.3, 0.4) is 0 Å². The highest BCUT2D eigenvalue weighted by Gasteiger charge is 2.10. The van der Waals surface area contributed by atoms with E-state index in [1.807, 2.05) is 12.1 Å². The molecular weight excluding hydrogens is 322 g/mol. The van der Waals surface area contributed by atoms with E-state index < -0.39 is 0 Å². The third-order valence-electron chi connectivity index (χ3n) is 3.01. The Morgan fingerprint density at radius 2 is 1.89 bits per heavy atom. The molecule has 0 amide bonds. The van der Waals surface area contributed by atoms with Gasteiger partial charge in [0.05, 0.1) is 17.3 Å². The SMILES string of the molecule is COc1ccc(-c2cc(C)cc3nc(Br)sc23)cc1. The van der Waals surface area contributed by atoms with Gasteiger partial charge < -0.3 is 4.74 Å². The van der Waals surface area contributed by atoms with Crippen molar-refractivity contribution in [2.45, 2.75) is 6.92 Å². The Hall–Kier alpha value is -1.39. The summed E-state index contributed by atoms with van der Waals surface area (Å²) in [5.41, 5.74) is 4.67. The van der Waals surface area contributed by atoms with Crippen molar-refractivity contribution in [3.8, 4) is 16.9 Å². The topological polar surface area (TPSA) is 22.1 Å². The molecular formula is C15H12BrNOS. The molecule has 0 aliphatic carbocycles. The highest BCUT2D eigenvalue weighted by Crippen LogP contribution is 2.36. The summed E-state index contributed by atoms with van der Waals surface area (Å²) in [6.07, 6.45) is 0. The Labute approximate surface area is 124 Å². The normalized spacial score (nSPS) is 10.9. The molecule has 0 spiro atoms. The van der Waals surface area contributed by atoms with Crippen LogP contribution in [0.1, 0.15) is 5.56 Å². The van der Waals surface area contributed by atoms with Crippen molar-refractivity contribution in [1.82, 2.24) is 4.98 Å². The van der Waals surface area contributed by atoms with Crippen molar-refractivity contribution in [3.05, 3.63) is 45.9 Å². The average molecular weight is 334 g/mol. The predicted molar refractivity (Wildman–Crippen MR) is 84.0 cm³/mol. The molecule has 1 aromatic heterocycles. The molecule has 0 radical (unpaired) electrons. The standard InChI is InChI=1S/C15H12BrNOS/c1-9-7-12(10-3-5-11(18-2)6-4-10)14-13(8-9)17-15(16)19-14/h3-8H,1-2H3.